The SMILES string of the molecule is COCCCN(C)Cc1ccc(OCc2nccn2C)cc1. The van der Waals surface area contributed by atoms with E-state index in [9.17, 15) is 0 Å². The van der Waals surface area contributed by atoms with Crippen LogP contribution < -0.4 is 4.74 Å². The van der Waals surface area contributed by atoms with E-state index in [1.54, 1.807) is 13.3 Å². The van der Waals surface area contributed by atoms with Gasteiger partial charge in [-0.2, -0.15) is 0 Å². The number of methoxy groups -OCH3 is 1. The predicted molar refractivity (Wildman–Crippen MR) is 86.8 cm³/mol. The highest BCUT2D eigenvalue weighted by Gasteiger charge is 2.03. The van der Waals surface area contributed by atoms with E-state index >= 15 is 0 Å². The molecule has 2 aromatic rings. The first-order chi connectivity index (χ1) is 10.7. The van der Waals surface area contributed by atoms with Crippen molar-refractivity contribution in [3.8, 4) is 5.75 Å². The molecule has 5 heteroatoms. The van der Waals surface area contributed by atoms with Gasteiger partial charge in [-0.3, -0.25) is 0 Å². The fourth-order valence-corrected chi connectivity index (χ4v) is 2.24. The maximum Gasteiger partial charge on any atom is 0.146 e. The molecule has 1 heterocycles. The van der Waals surface area contributed by atoms with Crippen molar-refractivity contribution in [2.45, 2.75) is 19.6 Å². The minimum Gasteiger partial charge on any atom is -0.486 e. The molecule has 0 radical (unpaired) electrons. The van der Waals surface area contributed by atoms with Crippen LogP contribution in [0.5, 0.6) is 5.75 Å². The van der Waals surface area contributed by atoms with Gasteiger partial charge in [0.1, 0.15) is 18.2 Å². The molecule has 0 N–H and O–H groups in total. The minimum atomic E-state index is 0.486. The van der Waals surface area contributed by atoms with Gasteiger partial charge in [-0.05, 0) is 31.2 Å². The van der Waals surface area contributed by atoms with Crippen molar-refractivity contribution in [3.05, 3.63) is 48.0 Å². The Hall–Kier alpha value is -1.85. The third-order valence-corrected chi connectivity index (χ3v) is 3.55. The maximum absolute atomic E-state index is 5.76. The van der Waals surface area contributed by atoms with Crippen molar-refractivity contribution >= 4 is 0 Å². The molecular formula is C17H25N3O2. The van der Waals surface area contributed by atoms with E-state index in [0.29, 0.717) is 6.61 Å². The van der Waals surface area contributed by atoms with Gasteiger partial charge in [0.25, 0.3) is 0 Å². The van der Waals surface area contributed by atoms with Crippen LogP contribution in [-0.2, 0) is 24.9 Å². The van der Waals surface area contributed by atoms with Gasteiger partial charge in [0.05, 0.1) is 0 Å². The first-order valence-electron chi connectivity index (χ1n) is 7.54. The van der Waals surface area contributed by atoms with Crippen LogP contribution in [0, 0.1) is 0 Å². The molecule has 0 unspecified atom stereocenters. The van der Waals surface area contributed by atoms with E-state index in [0.717, 1.165) is 37.7 Å². The monoisotopic (exact) mass is 303 g/mol. The summed E-state index contributed by atoms with van der Waals surface area (Å²) in [4.78, 5) is 6.54. The van der Waals surface area contributed by atoms with Gasteiger partial charge < -0.3 is 18.9 Å². The second kappa shape index (κ2) is 8.56. The molecule has 2 rings (SSSR count). The Morgan fingerprint density at radius 2 is 2.00 bits per heavy atom. The molecule has 0 aliphatic carbocycles. The number of imidazole rings is 1. The summed E-state index contributed by atoms with van der Waals surface area (Å²) >= 11 is 0. The smallest absolute Gasteiger partial charge is 0.146 e. The zero-order valence-corrected chi connectivity index (χ0v) is 13.7. The van der Waals surface area contributed by atoms with Gasteiger partial charge in [-0.25, -0.2) is 4.98 Å². The van der Waals surface area contributed by atoms with Crippen LogP contribution in [0.1, 0.15) is 17.8 Å². The van der Waals surface area contributed by atoms with E-state index in [2.05, 4.69) is 29.1 Å². The van der Waals surface area contributed by atoms with Crippen LogP contribution >= 0.6 is 0 Å². The second-order valence-corrected chi connectivity index (χ2v) is 5.47. The summed E-state index contributed by atoms with van der Waals surface area (Å²) in [6.07, 6.45) is 4.75. The number of hydrogen-bond acceptors (Lipinski definition) is 4. The highest BCUT2D eigenvalue weighted by Crippen LogP contribution is 2.14. The molecule has 0 fully saturated rings. The van der Waals surface area contributed by atoms with Crippen LogP contribution in [-0.4, -0.2) is 41.8 Å². The molecule has 0 aliphatic heterocycles. The van der Waals surface area contributed by atoms with Crippen molar-refractivity contribution in [3.63, 3.8) is 0 Å². The normalized spacial score (nSPS) is 11.1. The average molecular weight is 303 g/mol. The molecule has 0 aliphatic rings. The largest absolute Gasteiger partial charge is 0.486 e. The molecular weight excluding hydrogens is 278 g/mol. The topological polar surface area (TPSA) is 39.5 Å². The Kier molecular flexibility index (Phi) is 6.43. The van der Waals surface area contributed by atoms with E-state index in [1.807, 2.05) is 29.9 Å². The Balaban J connectivity index is 1.78. The first-order valence-corrected chi connectivity index (χ1v) is 7.54. The fraction of sp³-hybridized carbons (Fsp3) is 0.471. The predicted octanol–water partition coefficient (Wildman–Crippen LogP) is 2.47. The molecule has 1 aromatic heterocycles. The fourth-order valence-electron chi connectivity index (χ4n) is 2.24. The van der Waals surface area contributed by atoms with Crippen LogP contribution in [0.3, 0.4) is 0 Å². The lowest BCUT2D eigenvalue weighted by molar-refractivity contribution is 0.178. The van der Waals surface area contributed by atoms with Gasteiger partial charge in [-0.1, -0.05) is 12.1 Å². The molecule has 0 amide bonds. The van der Waals surface area contributed by atoms with Crippen LogP contribution in [0.2, 0.25) is 0 Å². The van der Waals surface area contributed by atoms with Crippen LogP contribution in [0.4, 0.5) is 0 Å². The van der Waals surface area contributed by atoms with Crippen molar-refractivity contribution in [1.29, 1.82) is 0 Å². The van der Waals surface area contributed by atoms with E-state index in [-0.39, 0.29) is 0 Å². The standard InChI is InChI=1S/C17H25N3O2/c1-19(10-4-12-21-3)13-15-5-7-16(8-6-15)22-14-17-18-9-11-20(17)2/h5-9,11H,4,10,12-14H2,1-3H3. The van der Waals surface area contributed by atoms with E-state index in [1.165, 1.54) is 5.56 Å². The second-order valence-electron chi connectivity index (χ2n) is 5.47. The minimum absolute atomic E-state index is 0.486. The number of aromatic nitrogens is 2. The lowest BCUT2D eigenvalue weighted by atomic mass is 10.2. The van der Waals surface area contributed by atoms with Crippen LogP contribution in [0.25, 0.3) is 0 Å². The Morgan fingerprint density at radius 3 is 2.64 bits per heavy atom. The van der Waals surface area contributed by atoms with Gasteiger partial charge in [0.15, 0.2) is 0 Å². The molecule has 1 aromatic carbocycles. The molecule has 120 valence electrons. The number of benzene rings is 1. The van der Waals surface area contributed by atoms with Crippen LogP contribution in [0.15, 0.2) is 36.7 Å². The number of nitrogens with zero attached hydrogens (tertiary/aromatic N) is 3. The van der Waals surface area contributed by atoms with Crippen molar-refractivity contribution in [2.24, 2.45) is 7.05 Å². The number of rotatable bonds is 9. The Bertz CT molecular complexity index is 551. The first kappa shape index (κ1) is 16.5. The van der Waals surface area contributed by atoms with Gasteiger partial charge in [0.2, 0.25) is 0 Å². The third-order valence-electron chi connectivity index (χ3n) is 3.55. The zero-order chi connectivity index (χ0) is 15.8. The molecule has 5 nitrogen and oxygen atoms in total. The summed E-state index contributed by atoms with van der Waals surface area (Å²) < 4.78 is 12.8. The van der Waals surface area contributed by atoms with Crippen molar-refractivity contribution in [2.75, 3.05) is 27.3 Å². The Morgan fingerprint density at radius 1 is 1.23 bits per heavy atom. The maximum atomic E-state index is 5.76. The summed E-state index contributed by atoms with van der Waals surface area (Å²) in [5, 5.41) is 0. The third kappa shape index (κ3) is 5.16. The van der Waals surface area contributed by atoms with Gasteiger partial charge >= 0.3 is 0 Å². The lowest BCUT2D eigenvalue weighted by Gasteiger charge is -2.16. The summed E-state index contributed by atoms with van der Waals surface area (Å²) in [5.74, 6) is 1.79. The lowest BCUT2D eigenvalue weighted by Crippen LogP contribution is -2.20. The quantitative estimate of drug-likeness (QED) is 0.667. The summed E-state index contributed by atoms with van der Waals surface area (Å²) in [5.41, 5.74) is 1.28. The van der Waals surface area contributed by atoms with Gasteiger partial charge in [-0.15, -0.1) is 0 Å². The molecule has 0 saturated carbocycles. The zero-order valence-electron chi connectivity index (χ0n) is 13.7. The molecule has 22 heavy (non-hydrogen) atoms. The number of ether oxygens (including phenoxy) is 2. The van der Waals surface area contributed by atoms with Crippen molar-refractivity contribution < 1.29 is 9.47 Å². The molecule has 0 atom stereocenters. The summed E-state index contributed by atoms with van der Waals surface area (Å²) in [6, 6.07) is 8.25. The number of hydrogen-bond donors (Lipinski definition) is 0. The average Bonchev–Trinajstić information content (AvgIpc) is 2.92. The van der Waals surface area contributed by atoms with Crippen molar-refractivity contribution in [1.82, 2.24) is 14.5 Å². The molecule has 0 saturated heterocycles. The summed E-state index contributed by atoms with van der Waals surface area (Å²) in [6.45, 7) is 3.26. The Labute approximate surface area is 132 Å². The highest BCUT2D eigenvalue weighted by molar-refractivity contribution is 5.27. The molecule has 0 spiro atoms. The molecule has 0 bridgehead atoms. The van der Waals surface area contributed by atoms with E-state index < -0.39 is 0 Å². The van der Waals surface area contributed by atoms with E-state index in [4.69, 9.17) is 9.47 Å². The van der Waals surface area contributed by atoms with Gasteiger partial charge in [0, 0.05) is 46.2 Å². The highest BCUT2D eigenvalue weighted by atomic mass is 16.5. The number of aryl methyl sites for hydroxylation is 1. The summed E-state index contributed by atoms with van der Waals surface area (Å²) in [7, 11) is 5.83.